The van der Waals surface area contributed by atoms with Gasteiger partial charge in [-0.3, -0.25) is 18.9 Å². The van der Waals surface area contributed by atoms with Crippen molar-refractivity contribution in [2.45, 2.75) is 24.5 Å². The first kappa shape index (κ1) is 27.0. The standard InChI is InChI=1S/C12H20N5O14P3/c1-16-4-17(9-6(16)10(19)15-12(13)14-9)11-7(18)8(27-2)5(29-11)3-28-33(23,24)31-34(25,26)30-32(20,21)22/h4-5,7-8,11,18H,3H2,1-2H3,(H6-,13,14,15,19,20,21,22,23,24,25,26)/t5-,7-,8-,11-/m1/s1. The Labute approximate surface area is 189 Å². The summed E-state index contributed by atoms with van der Waals surface area (Å²) in [6.07, 6.45) is -3.90. The van der Waals surface area contributed by atoms with Gasteiger partial charge < -0.3 is 44.4 Å². The van der Waals surface area contributed by atoms with Crippen LogP contribution in [0, 0.1) is 0 Å². The van der Waals surface area contributed by atoms with Gasteiger partial charge in [0.1, 0.15) is 18.3 Å². The zero-order valence-electron chi connectivity index (χ0n) is 17.2. The third kappa shape index (κ3) is 5.98. The number of methoxy groups -OCH3 is 1. The molecule has 2 unspecified atom stereocenters. The second kappa shape index (κ2) is 9.48. The van der Waals surface area contributed by atoms with E-state index in [-0.39, 0.29) is 17.1 Å². The molecule has 2 aromatic heterocycles. The number of nitrogen functional groups attached to an aromatic ring is 1. The molecule has 3 rings (SSSR count). The largest absolute Gasteiger partial charge is 0.756 e. The van der Waals surface area contributed by atoms with Gasteiger partial charge in [0, 0.05) is 7.11 Å². The minimum absolute atomic E-state index is 0.0258. The first-order valence-corrected chi connectivity index (χ1v) is 13.4. The zero-order valence-corrected chi connectivity index (χ0v) is 19.9. The Bertz CT molecular complexity index is 1270. The molecule has 6 atom stereocenters. The fraction of sp³-hybridized carbons (Fsp3) is 0.583. The van der Waals surface area contributed by atoms with Gasteiger partial charge in [-0.05, 0) is 0 Å². The Kier molecular flexibility index (Phi) is 7.54. The second-order valence-electron chi connectivity index (χ2n) is 6.88. The van der Waals surface area contributed by atoms with Gasteiger partial charge >= 0.3 is 21.3 Å². The summed E-state index contributed by atoms with van der Waals surface area (Å²) in [6.45, 7) is -0.926. The molecule has 0 aromatic carbocycles. The van der Waals surface area contributed by atoms with Gasteiger partial charge in [0.15, 0.2) is 6.33 Å². The highest BCUT2D eigenvalue weighted by Gasteiger charge is 2.49. The quantitative estimate of drug-likeness (QED) is 0.135. The molecule has 0 amide bonds. The molecule has 0 aliphatic carbocycles. The number of imidazole rings is 1. The van der Waals surface area contributed by atoms with Crippen molar-refractivity contribution in [3.05, 3.63) is 16.7 Å². The molecule has 0 saturated carbocycles. The number of aliphatic hydroxyl groups is 1. The monoisotopic (exact) mass is 551 g/mol. The van der Waals surface area contributed by atoms with Crippen LogP contribution in [0.2, 0.25) is 0 Å². The summed E-state index contributed by atoms with van der Waals surface area (Å²) in [4.78, 5) is 56.6. The third-order valence-corrected chi connectivity index (χ3v) is 8.22. The minimum Gasteiger partial charge on any atom is -0.756 e. The van der Waals surface area contributed by atoms with Gasteiger partial charge in [-0.1, -0.05) is 4.98 Å². The lowest BCUT2D eigenvalue weighted by molar-refractivity contribution is -0.745. The van der Waals surface area contributed by atoms with Gasteiger partial charge in [0.05, 0.1) is 13.7 Å². The maximum atomic E-state index is 12.2. The van der Waals surface area contributed by atoms with Gasteiger partial charge in [-0.2, -0.15) is 4.31 Å². The lowest BCUT2D eigenvalue weighted by Crippen LogP contribution is -2.46. The number of aromatic nitrogens is 4. The third-order valence-electron chi connectivity index (χ3n) is 4.46. The number of aryl methyl sites for hydroxylation is 1. The Balaban J connectivity index is 1.80. The summed E-state index contributed by atoms with van der Waals surface area (Å²) in [5.74, 6) is -0.219. The smallest absolute Gasteiger partial charge is 0.487 e. The predicted molar refractivity (Wildman–Crippen MR) is 104 cm³/mol. The van der Waals surface area contributed by atoms with Crippen LogP contribution < -0.4 is 20.8 Å². The van der Waals surface area contributed by atoms with Crippen molar-refractivity contribution < 1.29 is 65.6 Å². The van der Waals surface area contributed by atoms with Crippen LogP contribution in [-0.2, 0) is 43.4 Å². The maximum Gasteiger partial charge on any atom is 0.487 e. The summed E-state index contributed by atoms with van der Waals surface area (Å²) in [5.41, 5.74) is 5.12. The highest BCUT2D eigenvalue weighted by atomic mass is 31.3. The average Bonchev–Trinajstić information content (AvgIpc) is 3.13. The highest BCUT2D eigenvalue weighted by molar-refractivity contribution is 7.66. The highest BCUT2D eigenvalue weighted by Crippen LogP contribution is 2.65. The summed E-state index contributed by atoms with van der Waals surface area (Å²) in [7, 11) is -14.3. The molecule has 1 aliphatic rings. The molecule has 2 aromatic rings. The van der Waals surface area contributed by atoms with Crippen LogP contribution in [0.3, 0.4) is 0 Å². The number of nitrogens with zero attached hydrogens (tertiary/aromatic N) is 3. The lowest BCUT2D eigenvalue weighted by atomic mass is 10.1. The number of ether oxygens (including phenoxy) is 2. The Hall–Kier alpha value is -1.56. The number of fused-ring (bicyclic) bond motifs is 1. The lowest BCUT2D eigenvalue weighted by Gasteiger charge is -2.26. The maximum absolute atomic E-state index is 12.2. The summed E-state index contributed by atoms with van der Waals surface area (Å²) in [5, 5.41) is 10.7. The minimum atomic E-state index is -5.77. The molecule has 0 radical (unpaired) electrons. The molecule has 34 heavy (non-hydrogen) atoms. The average molecular weight is 551 g/mol. The van der Waals surface area contributed by atoms with Gasteiger partial charge in [0.25, 0.3) is 19.3 Å². The molecule has 1 saturated heterocycles. The summed E-state index contributed by atoms with van der Waals surface area (Å²) < 4.78 is 58.9. The number of phosphoric ester groups is 1. The van der Waals surface area contributed by atoms with E-state index in [2.05, 4.69) is 23.1 Å². The van der Waals surface area contributed by atoms with Crippen molar-refractivity contribution in [3.8, 4) is 0 Å². The summed E-state index contributed by atoms with van der Waals surface area (Å²) in [6, 6.07) is 0. The van der Waals surface area contributed by atoms with Crippen molar-refractivity contribution >= 4 is 40.6 Å². The van der Waals surface area contributed by atoms with E-state index in [9.17, 15) is 33.4 Å². The van der Waals surface area contributed by atoms with E-state index in [0.717, 1.165) is 0 Å². The SMILES string of the molecule is CO[C@H]1[C@@H](O)[C@H]([n+]2cn(C)c3c(=O)[nH]c(N)nc32)O[C@@H]1COP(=O)([O-])OP(=O)(O)OP(=O)(O)O. The number of rotatable bonds is 9. The molecule has 22 heteroatoms. The molecule has 0 bridgehead atoms. The van der Waals surface area contributed by atoms with E-state index in [1.54, 1.807) is 0 Å². The van der Waals surface area contributed by atoms with Crippen molar-refractivity contribution in [1.29, 1.82) is 0 Å². The molecule has 19 nitrogen and oxygen atoms in total. The van der Waals surface area contributed by atoms with Crippen LogP contribution in [-0.4, -0.2) is 66.4 Å². The fourth-order valence-corrected chi connectivity index (χ4v) is 6.29. The number of aliphatic hydroxyl groups excluding tert-OH is 1. The second-order valence-corrected chi connectivity index (χ2v) is 11.3. The Morgan fingerprint density at radius 2 is 1.97 bits per heavy atom. The van der Waals surface area contributed by atoms with Gasteiger partial charge in [-0.15, -0.1) is 0 Å². The van der Waals surface area contributed by atoms with Gasteiger partial charge in [-0.25, -0.2) is 18.0 Å². The summed E-state index contributed by atoms with van der Waals surface area (Å²) >= 11 is 0. The molecule has 7 N–H and O–H groups in total. The Morgan fingerprint density at radius 3 is 2.56 bits per heavy atom. The predicted octanol–water partition coefficient (Wildman–Crippen LogP) is -2.88. The molecule has 1 aliphatic heterocycles. The zero-order chi connectivity index (χ0) is 25.6. The number of phosphoric acid groups is 3. The first-order valence-electron chi connectivity index (χ1n) is 8.92. The Morgan fingerprint density at radius 1 is 1.32 bits per heavy atom. The van der Waals surface area contributed by atoms with Crippen molar-refractivity contribution in [2.24, 2.45) is 7.05 Å². The van der Waals surface area contributed by atoms with Crippen LogP contribution >= 0.6 is 23.5 Å². The number of anilines is 1. The van der Waals surface area contributed by atoms with E-state index in [1.165, 1.54) is 29.6 Å². The molecular weight excluding hydrogens is 531 g/mol. The molecule has 3 heterocycles. The van der Waals surface area contributed by atoms with E-state index in [0.29, 0.717) is 0 Å². The molecule has 192 valence electrons. The normalized spacial score (nSPS) is 27.0. The molecular formula is C12H20N5O14P3. The van der Waals surface area contributed by atoms with E-state index >= 15 is 0 Å². The van der Waals surface area contributed by atoms with E-state index in [1.807, 2.05) is 0 Å². The van der Waals surface area contributed by atoms with E-state index < -0.39 is 60.2 Å². The number of hydrogen-bond acceptors (Lipinski definition) is 13. The van der Waals surface area contributed by atoms with Gasteiger partial charge in [0.2, 0.25) is 11.7 Å². The number of H-pyrrole nitrogens is 1. The number of nitrogens with one attached hydrogen (secondary N) is 1. The van der Waals surface area contributed by atoms with Crippen molar-refractivity contribution in [3.63, 3.8) is 0 Å². The topological polar surface area (TPSA) is 282 Å². The number of hydrogen-bond donors (Lipinski definition) is 6. The van der Waals surface area contributed by atoms with Crippen LogP contribution in [0.15, 0.2) is 11.1 Å². The van der Waals surface area contributed by atoms with E-state index in [4.69, 9.17) is 25.0 Å². The number of nitrogens with two attached hydrogens (primary N) is 1. The first-order chi connectivity index (χ1) is 15.5. The van der Waals surface area contributed by atoms with Crippen LogP contribution in [0.5, 0.6) is 0 Å². The molecule has 0 spiro atoms. The van der Waals surface area contributed by atoms with Crippen LogP contribution in [0.25, 0.3) is 11.2 Å². The molecule has 1 fully saturated rings. The van der Waals surface area contributed by atoms with Crippen LogP contribution in [0.4, 0.5) is 5.95 Å². The van der Waals surface area contributed by atoms with Crippen molar-refractivity contribution in [2.75, 3.05) is 19.5 Å². The van der Waals surface area contributed by atoms with Crippen molar-refractivity contribution in [1.82, 2.24) is 14.5 Å². The number of aromatic amines is 1. The fourth-order valence-electron chi connectivity index (χ4n) is 3.29. The van der Waals surface area contributed by atoms with Crippen LogP contribution in [0.1, 0.15) is 6.23 Å².